The van der Waals surface area contributed by atoms with E-state index in [2.05, 4.69) is 43.4 Å². The molecule has 3 rings (SSSR count). The minimum atomic E-state index is 0.570. The number of anilines is 2. The number of hydrogen-bond donors (Lipinski definition) is 1. The smallest absolute Gasteiger partial charge is 0.247 e. The molecular formula is C12H13BrN6. The summed E-state index contributed by atoms with van der Waals surface area (Å²) in [4.78, 5) is 4.42. The molecule has 1 N–H and O–H groups in total. The Hall–Kier alpha value is -1.89. The minimum Gasteiger partial charge on any atom is -0.320 e. The Morgan fingerprint density at radius 3 is 2.89 bits per heavy atom. The first kappa shape index (κ1) is 12.2. The lowest BCUT2D eigenvalue weighted by molar-refractivity contribution is 0.746. The molecule has 0 aliphatic carbocycles. The van der Waals surface area contributed by atoms with Crippen molar-refractivity contribution in [3.05, 3.63) is 34.7 Å². The van der Waals surface area contributed by atoms with Gasteiger partial charge in [0.2, 0.25) is 5.95 Å². The van der Waals surface area contributed by atoms with Crippen LogP contribution in [0.2, 0.25) is 0 Å². The van der Waals surface area contributed by atoms with Gasteiger partial charge in [-0.25, -0.2) is 4.52 Å². The summed E-state index contributed by atoms with van der Waals surface area (Å²) in [7, 11) is 1.90. The van der Waals surface area contributed by atoms with Crippen LogP contribution in [0.4, 0.5) is 11.6 Å². The largest absolute Gasteiger partial charge is 0.320 e. The second-order valence-electron chi connectivity index (χ2n) is 4.23. The van der Waals surface area contributed by atoms with Crippen LogP contribution >= 0.6 is 15.9 Å². The van der Waals surface area contributed by atoms with Gasteiger partial charge in [0.15, 0.2) is 5.65 Å². The maximum Gasteiger partial charge on any atom is 0.247 e. The Balaban J connectivity index is 1.96. The van der Waals surface area contributed by atoms with E-state index in [0.29, 0.717) is 5.95 Å². The molecule has 0 fully saturated rings. The van der Waals surface area contributed by atoms with Crippen molar-refractivity contribution in [1.82, 2.24) is 24.4 Å². The van der Waals surface area contributed by atoms with Crippen molar-refractivity contribution < 1.29 is 0 Å². The summed E-state index contributed by atoms with van der Waals surface area (Å²) in [6.45, 7) is 2.07. The first-order chi connectivity index (χ1) is 9.15. The molecule has 0 saturated heterocycles. The molecule has 6 nitrogen and oxygen atoms in total. The quantitative estimate of drug-likeness (QED) is 0.805. The van der Waals surface area contributed by atoms with E-state index in [1.807, 2.05) is 31.6 Å². The third kappa shape index (κ3) is 2.33. The highest BCUT2D eigenvalue weighted by atomic mass is 79.9. The number of halogens is 1. The monoisotopic (exact) mass is 320 g/mol. The van der Waals surface area contributed by atoms with Crippen molar-refractivity contribution in [3.8, 4) is 0 Å². The normalized spacial score (nSPS) is 11.1. The summed E-state index contributed by atoms with van der Waals surface area (Å²) in [6, 6.07) is 3.85. The molecule has 0 aliphatic rings. The molecule has 3 heterocycles. The van der Waals surface area contributed by atoms with E-state index < -0.39 is 0 Å². The first-order valence-electron chi connectivity index (χ1n) is 5.97. The van der Waals surface area contributed by atoms with Crippen molar-refractivity contribution in [2.75, 3.05) is 5.32 Å². The van der Waals surface area contributed by atoms with Crippen LogP contribution in [-0.2, 0) is 13.5 Å². The Morgan fingerprint density at radius 1 is 1.26 bits per heavy atom. The number of hydrogen-bond acceptors (Lipinski definition) is 4. The van der Waals surface area contributed by atoms with Gasteiger partial charge in [0.05, 0.1) is 11.4 Å². The number of rotatable bonds is 3. The van der Waals surface area contributed by atoms with Crippen LogP contribution in [0, 0.1) is 0 Å². The van der Waals surface area contributed by atoms with Gasteiger partial charge >= 0.3 is 0 Å². The van der Waals surface area contributed by atoms with Gasteiger partial charge in [-0.1, -0.05) is 6.92 Å². The third-order valence-corrected chi connectivity index (χ3v) is 3.25. The van der Waals surface area contributed by atoms with Crippen LogP contribution in [-0.4, -0.2) is 24.4 Å². The average Bonchev–Trinajstić information content (AvgIpc) is 2.92. The standard InChI is InChI=1S/C12H13BrN6/c1-3-9-10(7-18(2)16-9)14-12-15-11-5-4-8(13)6-19(11)17-12/h4-7H,3H2,1-2H3,(H,14,17). The van der Waals surface area contributed by atoms with Crippen LogP contribution in [0.5, 0.6) is 0 Å². The van der Waals surface area contributed by atoms with Crippen LogP contribution in [0.1, 0.15) is 12.6 Å². The maximum atomic E-state index is 4.42. The summed E-state index contributed by atoms with van der Waals surface area (Å²) in [5, 5.41) is 12.0. The predicted molar refractivity (Wildman–Crippen MR) is 76.6 cm³/mol. The van der Waals surface area contributed by atoms with Crippen molar-refractivity contribution in [2.45, 2.75) is 13.3 Å². The van der Waals surface area contributed by atoms with E-state index in [1.54, 1.807) is 9.20 Å². The lowest BCUT2D eigenvalue weighted by atomic mass is 10.3. The zero-order valence-corrected chi connectivity index (χ0v) is 12.2. The van der Waals surface area contributed by atoms with Crippen LogP contribution in [0.25, 0.3) is 5.65 Å². The van der Waals surface area contributed by atoms with Crippen molar-refractivity contribution >= 4 is 33.2 Å². The van der Waals surface area contributed by atoms with Crippen LogP contribution in [0.15, 0.2) is 29.0 Å². The van der Waals surface area contributed by atoms with E-state index in [1.165, 1.54) is 0 Å². The molecule has 0 saturated carbocycles. The molecule has 0 radical (unpaired) electrons. The summed E-state index contributed by atoms with van der Waals surface area (Å²) in [6.07, 6.45) is 4.67. The number of fused-ring (bicyclic) bond motifs is 1. The Kier molecular flexibility index (Phi) is 2.98. The molecule has 3 aromatic rings. The molecule has 0 aromatic carbocycles. The Labute approximate surface area is 118 Å². The van der Waals surface area contributed by atoms with Crippen molar-refractivity contribution in [1.29, 1.82) is 0 Å². The Morgan fingerprint density at radius 2 is 2.11 bits per heavy atom. The zero-order valence-electron chi connectivity index (χ0n) is 10.6. The molecule has 0 unspecified atom stereocenters. The number of nitrogens with one attached hydrogen (secondary N) is 1. The molecule has 0 amide bonds. The van der Waals surface area contributed by atoms with Crippen LogP contribution < -0.4 is 5.32 Å². The van der Waals surface area contributed by atoms with E-state index in [0.717, 1.165) is 27.9 Å². The molecule has 0 atom stereocenters. The number of nitrogens with zero attached hydrogens (tertiary/aromatic N) is 5. The van der Waals surface area contributed by atoms with Gasteiger partial charge in [-0.3, -0.25) is 4.68 Å². The number of pyridine rings is 1. The summed E-state index contributed by atoms with van der Waals surface area (Å²) in [5.41, 5.74) is 2.75. The lowest BCUT2D eigenvalue weighted by Gasteiger charge is -1.98. The summed E-state index contributed by atoms with van der Waals surface area (Å²) in [5.74, 6) is 0.570. The highest BCUT2D eigenvalue weighted by molar-refractivity contribution is 9.10. The van der Waals surface area contributed by atoms with E-state index in [4.69, 9.17) is 0 Å². The fourth-order valence-electron chi connectivity index (χ4n) is 1.93. The van der Waals surface area contributed by atoms with Gasteiger partial charge in [-0.15, -0.1) is 5.10 Å². The fraction of sp³-hybridized carbons (Fsp3) is 0.250. The van der Waals surface area contributed by atoms with Crippen molar-refractivity contribution in [2.24, 2.45) is 7.05 Å². The summed E-state index contributed by atoms with van der Waals surface area (Å²) < 4.78 is 4.48. The zero-order chi connectivity index (χ0) is 13.4. The number of aromatic nitrogens is 5. The van der Waals surface area contributed by atoms with E-state index in [-0.39, 0.29) is 0 Å². The Bertz CT molecular complexity index is 729. The second-order valence-corrected chi connectivity index (χ2v) is 5.14. The molecule has 0 bridgehead atoms. The molecule has 0 spiro atoms. The van der Waals surface area contributed by atoms with Crippen molar-refractivity contribution in [3.63, 3.8) is 0 Å². The predicted octanol–water partition coefficient (Wildman–Crippen LogP) is 2.53. The lowest BCUT2D eigenvalue weighted by Crippen LogP contribution is -1.95. The maximum absolute atomic E-state index is 4.42. The third-order valence-electron chi connectivity index (χ3n) is 2.78. The van der Waals surface area contributed by atoms with Gasteiger partial charge in [-0.05, 0) is 34.5 Å². The highest BCUT2D eigenvalue weighted by Gasteiger charge is 2.09. The molecule has 0 aliphatic heterocycles. The molecule has 98 valence electrons. The van der Waals surface area contributed by atoms with E-state index >= 15 is 0 Å². The number of aryl methyl sites for hydroxylation is 2. The van der Waals surface area contributed by atoms with Gasteiger partial charge in [0.25, 0.3) is 0 Å². The molecular weight excluding hydrogens is 308 g/mol. The SMILES string of the molecule is CCc1nn(C)cc1Nc1nc2ccc(Br)cn2n1. The summed E-state index contributed by atoms with van der Waals surface area (Å²) >= 11 is 3.41. The van der Waals surface area contributed by atoms with Gasteiger partial charge in [0, 0.05) is 23.9 Å². The fourth-order valence-corrected chi connectivity index (χ4v) is 2.26. The van der Waals surface area contributed by atoms with Gasteiger partial charge in [0.1, 0.15) is 0 Å². The molecule has 7 heteroatoms. The van der Waals surface area contributed by atoms with Gasteiger partial charge < -0.3 is 5.32 Å². The molecule has 19 heavy (non-hydrogen) atoms. The average molecular weight is 321 g/mol. The first-order valence-corrected chi connectivity index (χ1v) is 6.76. The minimum absolute atomic E-state index is 0.570. The highest BCUT2D eigenvalue weighted by Crippen LogP contribution is 2.19. The van der Waals surface area contributed by atoms with Crippen LogP contribution in [0.3, 0.4) is 0 Å². The second kappa shape index (κ2) is 4.65. The molecule has 3 aromatic heterocycles. The van der Waals surface area contributed by atoms with E-state index in [9.17, 15) is 0 Å². The van der Waals surface area contributed by atoms with Gasteiger partial charge in [-0.2, -0.15) is 10.1 Å². The topological polar surface area (TPSA) is 60.0 Å².